The normalized spacial score (nSPS) is 18.0. The highest BCUT2D eigenvalue weighted by molar-refractivity contribution is 7.91. The lowest BCUT2D eigenvalue weighted by atomic mass is 10.0. The lowest BCUT2D eigenvalue weighted by Crippen LogP contribution is -2.47. The molecule has 0 bridgehead atoms. The minimum Gasteiger partial charge on any atom is -0.354 e. The summed E-state index contributed by atoms with van der Waals surface area (Å²) in [5.74, 6) is -0.407. The van der Waals surface area contributed by atoms with E-state index in [0.29, 0.717) is 5.56 Å². The molecule has 1 fully saturated rings. The maximum absolute atomic E-state index is 13.1. The third-order valence-electron chi connectivity index (χ3n) is 5.12. The first-order chi connectivity index (χ1) is 14.2. The summed E-state index contributed by atoms with van der Waals surface area (Å²) in [6.45, 7) is 0.500. The zero-order valence-electron chi connectivity index (χ0n) is 16.2. The molecule has 5 nitrogen and oxygen atoms in total. The number of halogens is 3. The van der Waals surface area contributed by atoms with Crippen LogP contribution in [0.15, 0.2) is 54.6 Å². The van der Waals surface area contributed by atoms with Crippen molar-refractivity contribution in [3.05, 3.63) is 71.3 Å². The van der Waals surface area contributed by atoms with Gasteiger partial charge in [0.05, 0.1) is 17.1 Å². The van der Waals surface area contributed by atoms with Gasteiger partial charge < -0.3 is 5.32 Å². The largest absolute Gasteiger partial charge is 0.416 e. The molecule has 1 atom stereocenters. The number of sulfone groups is 1. The van der Waals surface area contributed by atoms with Crippen molar-refractivity contribution in [1.29, 1.82) is 0 Å². The van der Waals surface area contributed by atoms with Gasteiger partial charge in [0.15, 0.2) is 9.84 Å². The highest BCUT2D eigenvalue weighted by Gasteiger charge is 2.34. The van der Waals surface area contributed by atoms with Crippen LogP contribution in [0.5, 0.6) is 0 Å². The van der Waals surface area contributed by atoms with Crippen molar-refractivity contribution >= 4 is 15.7 Å². The van der Waals surface area contributed by atoms with Gasteiger partial charge in [-0.1, -0.05) is 48.5 Å². The van der Waals surface area contributed by atoms with E-state index in [-0.39, 0.29) is 49.0 Å². The molecular formula is C21H23F3N2O3S. The molecule has 0 aliphatic carbocycles. The minimum absolute atomic E-state index is 0.0252. The van der Waals surface area contributed by atoms with Gasteiger partial charge in [0.25, 0.3) is 0 Å². The second-order valence-electron chi connectivity index (χ2n) is 7.20. The van der Waals surface area contributed by atoms with Crippen molar-refractivity contribution in [3.8, 4) is 0 Å². The second kappa shape index (κ2) is 9.18. The highest BCUT2D eigenvalue weighted by atomic mass is 32.2. The summed E-state index contributed by atoms with van der Waals surface area (Å²) in [4.78, 5) is 14.8. The highest BCUT2D eigenvalue weighted by Crippen LogP contribution is 2.32. The Balaban J connectivity index is 1.71. The Morgan fingerprint density at radius 2 is 1.60 bits per heavy atom. The minimum atomic E-state index is -4.45. The number of alkyl halides is 3. The van der Waals surface area contributed by atoms with Gasteiger partial charge in [0.2, 0.25) is 5.91 Å². The number of nitrogens with one attached hydrogen (secondary N) is 1. The number of nitrogens with zero attached hydrogens (tertiary/aromatic N) is 1. The number of carbonyl (C=O) groups is 1. The summed E-state index contributed by atoms with van der Waals surface area (Å²) in [5.41, 5.74) is 0.121. The first-order valence-electron chi connectivity index (χ1n) is 9.59. The lowest BCUT2D eigenvalue weighted by Gasteiger charge is -2.33. The Kier molecular flexibility index (Phi) is 6.82. The first-order valence-corrected chi connectivity index (χ1v) is 11.4. The summed E-state index contributed by atoms with van der Waals surface area (Å²) in [6.07, 6.45) is -4.41. The van der Waals surface area contributed by atoms with E-state index in [9.17, 15) is 26.4 Å². The zero-order chi connectivity index (χ0) is 21.8. The SMILES string of the molecule is O=C(NCCc1ccccc1C(F)(F)F)C(c1ccccc1)N1CCS(=O)(=O)CC1. The van der Waals surface area contributed by atoms with E-state index in [0.717, 1.165) is 6.07 Å². The summed E-state index contributed by atoms with van der Waals surface area (Å²) < 4.78 is 62.9. The van der Waals surface area contributed by atoms with Crippen LogP contribution in [0, 0.1) is 0 Å². The molecule has 0 radical (unpaired) electrons. The van der Waals surface area contributed by atoms with E-state index in [1.54, 1.807) is 29.2 Å². The molecule has 3 rings (SSSR count). The van der Waals surface area contributed by atoms with Gasteiger partial charge in [0, 0.05) is 19.6 Å². The van der Waals surface area contributed by atoms with Gasteiger partial charge in [-0.05, 0) is 23.6 Å². The van der Waals surface area contributed by atoms with Gasteiger partial charge in [-0.15, -0.1) is 0 Å². The second-order valence-corrected chi connectivity index (χ2v) is 9.50. The van der Waals surface area contributed by atoms with Crippen molar-refractivity contribution in [2.45, 2.75) is 18.6 Å². The number of amides is 1. The smallest absolute Gasteiger partial charge is 0.354 e. The molecule has 1 N–H and O–H groups in total. The molecule has 1 unspecified atom stereocenters. The van der Waals surface area contributed by atoms with Crippen LogP contribution in [0.25, 0.3) is 0 Å². The number of rotatable bonds is 6. The van der Waals surface area contributed by atoms with Gasteiger partial charge in [-0.2, -0.15) is 13.2 Å². The molecule has 1 heterocycles. The average Bonchev–Trinajstić information content (AvgIpc) is 2.70. The monoisotopic (exact) mass is 440 g/mol. The van der Waals surface area contributed by atoms with E-state index in [1.807, 2.05) is 6.07 Å². The first kappa shape index (κ1) is 22.3. The van der Waals surface area contributed by atoms with Crippen molar-refractivity contribution in [2.75, 3.05) is 31.1 Å². The van der Waals surface area contributed by atoms with Crippen molar-refractivity contribution in [1.82, 2.24) is 10.2 Å². The van der Waals surface area contributed by atoms with Crippen LogP contribution in [0.1, 0.15) is 22.7 Å². The number of carbonyl (C=O) groups excluding carboxylic acids is 1. The molecule has 1 aliphatic heterocycles. The van der Waals surface area contributed by atoms with E-state index >= 15 is 0 Å². The Bertz CT molecular complexity index is 964. The van der Waals surface area contributed by atoms with Crippen LogP contribution in [0.3, 0.4) is 0 Å². The Morgan fingerprint density at radius 3 is 2.23 bits per heavy atom. The van der Waals surface area contributed by atoms with Gasteiger partial charge in [0.1, 0.15) is 6.04 Å². The fourth-order valence-electron chi connectivity index (χ4n) is 3.58. The van der Waals surface area contributed by atoms with Crippen LogP contribution in [-0.2, 0) is 27.2 Å². The number of benzene rings is 2. The topological polar surface area (TPSA) is 66.5 Å². The average molecular weight is 440 g/mol. The quantitative estimate of drug-likeness (QED) is 0.750. The molecular weight excluding hydrogens is 417 g/mol. The fraction of sp³-hybridized carbons (Fsp3) is 0.381. The maximum atomic E-state index is 13.1. The maximum Gasteiger partial charge on any atom is 0.416 e. The van der Waals surface area contributed by atoms with E-state index < -0.39 is 27.6 Å². The predicted molar refractivity (Wildman–Crippen MR) is 108 cm³/mol. The van der Waals surface area contributed by atoms with Gasteiger partial charge >= 0.3 is 6.18 Å². The van der Waals surface area contributed by atoms with Gasteiger partial charge in [-0.25, -0.2) is 8.42 Å². The number of hydrogen-bond donors (Lipinski definition) is 1. The molecule has 1 saturated heterocycles. The van der Waals surface area contributed by atoms with Crippen LogP contribution >= 0.6 is 0 Å². The molecule has 9 heteroatoms. The van der Waals surface area contributed by atoms with Crippen LogP contribution < -0.4 is 5.32 Å². The third kappa shape index (κ3) is 5.60. The van der Waals surface area contributed by atoms with Crippen LogP contribution in [0.4, 0.5) is 13.2 Å². The van der Waals surface area contributed by atoms with Crippen molar-refractivity contribution in [2.24, 2.45) is 0 Å². The third-order valence-corrected chi connectivity index (χ3v) is 6.73. The fourth-order valence-corrected chi connectivity index (χ4v) is 4.81. The van der Waals surface area contributed by atoms with E-state index in [4.69, 9.17) is 0 Å². The lowest BCUT2D eigenvalue weighted by molar-refractivity contribution is -0.138. The van der Waals surface area contributed by atoms with Gasteiger partial charge in [-0.3, -0.25) is 9.69 Å². The Hall–Kier alpha value is -2.39. The molecule has 30 heavy (non-hydrogen) atoms. The zero-order valence-corrected chi connectivity index (χ0v) is 17.0. The summed E-state index contributed by atoms with van der Waals surface area (Å²) >= 11 is 0. The Labute approximate surface area is 173 Å². The molecule has 1 amide bonds. The molecule has 2 aromatic rings. The van der Waals surface area contributed by atoms with E-state index in [1.165, 1.54) is 18.2 Å². The molecule has 0 aromatic heterocycles. The summed E-state index contributed by atoms with van der Waals surface area (Å²) in [7, 11) is -3.11. The van der Waals surface area contributed by atoms with Crippen molar-refractivity contribution in [3.63, 3.8) is 0 Å². The molecule has 0 saturated carbocycles. The molecule has 0 spiro atoms. The van der Waals surface area contributed by atoms with Crippen LogP contribution in [-0.4, -0.2) is 50.4 Å². The summed E-state index contributed by atoms with van der Waals surface area (Å²) in [6, 6.07) is 13.6. The van der Waals surface area contributed by atoms with Crippen molar-refractivity contribution < 1.29 is 26.4 Å². The molecule has 1 aliphatic rings. The molecule has 2 aromatic carbocycles. The Morgan fingerprint density at radius 1 is 1.00 bits per heavy atom. The van der Waals surface area contributed by atoms with Crippen LogP contribution in [0.2, 0.25) is 0 Å². The van der Waals surface area contributed by atoms with E-state index in [2.05, 4.69) is 5.32 Å². The predicted octanol–water partition coefficient (Wildman–Crippen LogP) is 2.84. The molecule has 162 valence electrons. The number of hydrogen-bond acceptors (Lipinski definition) is 4. The standard InChI is InChI=1S/C21H23F3N2O3S/c22-21(23,24)18-9-5-4-6-16(18)10-11-25-20(27)19(17-7-2-1-3-8-17)26-12-14-30(28,29)15-13-26/h1-9,19H,10-15H2,(H,25,27). The summed E-state index contributed by atoms with van der Waals surface area (Å²) in [5, 5.41) is 2.73.